The van der Waals surface area contributed by atoms with E-state index >= 15 is 0 Å². The number of amides is 1. The molecule has 1 fully saturated rings. The average Bonchev–Trinajstić information content (AvgIpc) is 3.09. The molecule has 0 aliphatic heterocycles. The minimum absolute atomic E-state index is 0.218. The van der Waals surface area contributed by atoms with E-state index in [-0.39, 0.29) is 9.58 Å². The highest BCUT2D eigenvalue weighted by Crippen LogP contribution is 2.71. The van der Waals surface area contributed by atoms with Crippen molar-refractivity contribution in [2.75, 3.05) is 4.90 Å². The van der Waals surface area contributed by atoms with Crippen LogP contribution in [0, 0.1) is 11.3 Å². The number of halogens is 10. The van der Waals surface area contributed by atoms with Gasteiger partial charge in [0.05, 0.1) is 21.2 Å². The molecule has 0 saturated heterocycles. The molecule has 1 atom stereocenters. The molecule has 1 aromatic carbocycles. The van der Waals surface area contributed by atoms with Crippen molar-refractivity contribution in [3.63, 3.8) is 0 Å². The minimum Gasteiger partial charge on any atom is -0.465 e. The lowest BCUT2D eigenvalue weighted by Crippen LogP contribution is -2.41. The molecule has 1 aliphatic rings. The number of nitriles is 1. The molecular weight excluding hydrogens is 539 g/mol. The van der Waals surface area contributed by atoms with E-state index in [9.17, 15) is 50.3 Å². The molecule has 190 valence electrons. The molecule has 16 heteroatoms. The number of carboxylic acid groups (broad SMARTS) is 1. The quantitative estimate of drug-likeness (QED) is 0.424. The number of nitrogens with zero attached hydrogens (tertiary/aromatic N) is 4. The first-order chi connectivity index (χ1) is 15.8. The molecule has 1 N–H and O–H groups in total. The Morgan fingerprint density at radius 1 is 1.20 bits per heavy atom. The monoisotopic (exact) mass is 550 g/mol. The highest BCUT2D eigenvalue weighted by molar-refractivity contribution is 6.38. The van der Waals surface area contributed by atoms with E-state index in [4.69, 9.17) is 23.2 Å². The molecule has 1 unspecified atom stereocenters. The van der Waals surface area contributed by atoms with E-state index in [0.29, 0.717) is 12.1 Å². The van der Waals surface area contributed by atoms with Crippen LogP contribution in [0.2, 0.25) is 10.0 Å². The average molecular weight is 551 g/mol. The maximum atomic E-state index is 14.3. The molecule has 0 bridgehead atoms. The van der Waals surface area contributed by atoms with Gasteiger partial charge in [0.25, 0.3) is 5.92 Å². The van der Waals surface area contributed by atoms with Crippen molar-refractivity contribution < 1.29 is 45.0 Å². The van der Waals surface area contributed by atoms with Crippen molar-refractivity contribution >= 4 is 35.1 Å². The topological polar surface area (TPSA) is 82.2 Å². The first-order valence-corrected chi connectivity index (χ1v) is 10.1. The van der Waals surface area contributed by atoms with Crippen LogP contribution >= 0.6 is 23.2 Å². The van der Waals surface area contributed by atoms with Crippen molar-refractivity contribution in [1.82, 2.24) is 9.78 Å². The molecular formula is C19H12Cl2F8N4O2. The van der Waals surface area contributed by atoms with Crippen LogP contribution in [0.15, 0.2) is 12.1 Å². The van der Waals surface area contributed by atoms with Crippen LogP contribution in [0.1, 0.15) is 37.1 Å². The van der Waals surface area contributed by atoms with Gasteiger partial charge in [-0.2, -0.15) is 36.7 Å². The fourth-order valence-electron chi connectivity index (χ4n) is 3.76. The Morgan fingerprint density at radius 2 is 1.69 bits per heavy atom. The predicted molar refractivity (Wildman–Crippen MR) is 106 cm³/mol. The molecule has 2 aromatic rings. The molecule has 3 rings (SSSR count). The second-order valence-corrected chi connectivity index (χ2v) is 8.70. The van der Waals surface area contributed by atoms with E-state index in [2.05, 4.69) is 5.10 Å². The highest BCUT2D eigenvalue weighted by Gasteiger charge is 2.86. The van der Waals surface area contributed by atoms with Gasteiger partial charge in [-0.3, -0.25) is 4.90 Å². The Morgan fingerprint density at radius 3 is 2.00 bits per heavy atom. The molecule has 0 spiro atoms. The third-order valence-electron chi connectivity index (χ3n) is 5.37. The Balaban J connectivity index is 2.51. The minimum atomic E-state index is -5.67. The SMILES string of the molecule is CC(C)N(C(=O)O)c1c(C2(C(F)(F)F)CC2(F)F)c(C#N)nn1-c1c(Cl)cc(C(F)(F)F)cc1Cl. The highest BCUT2D eigenvalue weighted by atomic mass is 35.5. The Labute approximate surface area is 201 Å². The zero-order chi connectivity index (χ0) is 26.9. The lowest BCUT2D eigenvalue weighted by atomic mass is 9.93. The number of aromatic nitrogens is 2. The summed E-state index contributed by atoms with van der Waals surface area (Å²) in [7, 11) is 0. The van der Waals surface area contributed by atoms with Crippen molar-refractivity contribution in [2.24, 2.45) is 0 Å². The number of benzene rings is 1. The Hall–Kier alpha value is -2.79. The Kier molecular flexibility index (Phi) is 6.22. The number of carbonyl (C=O) groups is 1. The zero-order valence-electron chi connectivity index (χ0n) is 17.4. The summed E-state index contributed by atoms with van der Waals surface area (Å²) in [6, 6.07) is 0.706. The number of alkyl halides is 8. The lowest BCUT2D eigenvalue weighted by molar-refractivity contribution is -0.182. The van der Waals surface area contributed by atoms with Gasteiger partial charge >= 0.3 is 18.4 Å². The van der Waals surface area contributed by atoms with E-state index in [0.717, 1.165) is 0 Å². The maximum Gasteiger partial charge on any atom is 0.416 e. The summed E-state index contributed by atoms with van der Waals surface area (Å²) < 4.78 is 110. The molecule has 1 saturated carbocycles. The van der Waals surface area contributed by atoms with Gasteiger partial charge < -0.3 is 5.11 Å². The summed E-state index contributed by atoms with van der Waals surface area (Å²) in [6.45, 7) is 2.37. The summed E-state index contributed by atoms with van der Waals surface area (Å²) in [6.07, 6.45) is -14.3. The third-order valence-corrected chi connectivity index (χ3v) is 5.95. The van der Waals surface area contributed by atoms with Crippen LogP contribution in [0.25, 0.3) is 5.69 Å². The summed E-state index contributed by atoms with van der Waals surface area (Å²) >= 11 is 11.9. The van der Waals surface area contributed by atoms with Gasteiger partial charge in [-0.25, -0.2) is 18.3 Å². The summed E-state index contributed by atoms with van der Waals surface area (Å²) in [5.41, 5.74) is -8.77. The van der Waals surface area contributed by atoms with Crippen molar-refractivity contribution in [3.05, 3.63) is 39.0 Å². The van der Waals surface area contributed by atoms with Gasteiger partial charge in [-0.15, -0.1) is 0 Å². The van der Waals surface area contributed by atoms with Crippen LogP contribution in [0.4, 0.5) is 45.7 Å². The van der Waals surface area contributed by atoms with Crippen molar-refractivity contribution in [2.45, 2.75) is 50.0 Å². The van der Waals surface area contributed by atoms with Gasteiger partial charge in [-0.05, 0) is 26.0 Å². The van der Waals surface area contributed by atoms with Crippen LogP contribution in [-0.2, 0) is 11.6 Å². The number of hydrogen-bond acceptors (Lipinski definition) is 3. The molecule has 6 nitrogen and oxygen atoms in total. The number of anilines is 1. The second kappa shape index (κ2) is 8.12. The zero-order valence-corrected chi connectivity index (χ0v) is 18.9. The maximum absolute atomic E-state index is 14.3. The van der Waals surface area contributed by atoms with E-state index in [1.165, 1.54) is 19.9 Å². The van der Waals surface area contributed by atoms with Gasteiger partial charge in [0, 0.05) is 12.5 Å². The van der Waals surface area contributed by atoms with Gasteiger partial charge in [0.1, 0.15) is 17.6 Å². The smallest absolute Gasteiger partial charge is 0.416 e. The van der Waals surface area contributed by atoms with Crippen molar-refractivity contribution in [3.8, 4) is 11.8 Å². The molecule has 1 aromatic heterocycles. The normalized spacial score (nSPS) is 19.5. The summed E-state index contributed by atoms with van der Waals surface area (Å²) in [5.74, 6) is -5.59. The van der Waals surface area contributed by atoms with E-state index < -0.39 is 80.6 Å². The molecule has 0 radical (unpaired) electrons. The van der Waals surface area contributed by atoms with Gasteiger partial charge in [0.2, 0.25) is 0 Å². The molecule has 1 heterocycles. The molecule has 1 aliphatic carbocycles. The van der Waals surface area contributed by atoms with Crippen LogP contribution in [0.5, 0.6) is 0 Å². The second-order valence-electron chi connectivity index (χ2n) is 7.89. The molecule has 1 amide bonds. The van der Waals surface area contributed by atoms with Gasteiger partial charge in [0.15, 0.2) is 11.1 Å². The Bertz CT molecular complexity index is 1230. The summed E-state index contributed by atoms with van der Waals surface area (Å²) in [4.78, 5) is 12.2. The number of hydrogen-bond donors (Lipinski definition) is 1. The van der Waals surface area contributed by atoms with Gasteiger partial charge in [-0.1, -0.05) is 23.2 Å². The van der Waals surface area contributed by atoms with Crippen LogP contribution in [-0.4, -0.2) is 39.1 Å². The van der Waals surface area contributed by atoms with Crippen LogP contribution < -0.4 is 4.90 Å². The van der Waals surface area contributed by atoms with E-state index in [1.807, 2.05) is 0 Å². The largest absolute Gasteiger partial charge is 0.465 e. The predicted octanol–water partition coefficient (Wildman–Crippen LogP) is 6.80. The standard InChI is InChI=1S/C19H12Cl2F8N4O2/c1-7(2)32(15(34)35)14-12(16(19(27,28)29)6-17(16,22)23)11(5-30)31-33(14)13-9(20)3-8(4-10(13)21)18(24,25)26/h3-4,7H,6H2,1-2H3,(H,34,35). The first kappa shape index (κ1) is 26.8. The van der Waals surface area contributed by atoms with Crippen LogP contribution in [0.3, 0.4) is 0 Å². The first-order valence-electron chi connectivity index (χ1n) is 9.38. The fraction of sp³-hybridized carbons (Fsp3) is 0.421. The van der Waals surface area contributed by atoms with Crippen molar-refractivity contribution in [1.29, 1.82) is 5.26 Å². The third kappa shape index (κ3) is 4.04. The summed E-state index contributed by atoms with van der Waals surface area (Å²) in [5, 5.41) is 21.0. The lowest BCUT2D eigenvalue weighted by Gasteiger charge is -2.29. The molecule has 35 heavy (non-hydrogen) atoms. The fourth-order valence-corrected chi connectivity index (χ4v) is 4.40. The van der Waals surface area contributed by atoms with E-state index in [1.54, 1.807) is 0 Å². The number of rotatable bonds is 4.